The van der Waals surface area contributed by atoms with Gasteiger partial charge in [0.15, 0.2) is 0 Å². The third-order valence-electron chi connectivity index (χ3n) is 6.17. The van der Waals surface area contributed by atoms with Gasteiger partial charge in [-0.25, -0.2) is 4.98 Å². The zero-order valence-corrected chi connectivity index (χ0v) is 22.7. The molecule has 0 bridgehead atoms. The van der Waals surface area contributed by atoms with Crippen molar-refractivity contribution in [3.8, 4) is 5.75 Å². The van der Waals surface area contributed by atoms with Crippen molar-refractivity contribution in [2.75, 3.05) is 13.2 Å². The van der Waals surface area contributed by atoms with Gasteiger partial charge in [0.05, 0.1) is 17.6 Å². The van der Waals surface area contributed by atoms with Gasteiger partial charge in [0.2, 0.25) is 0 Å². The number of hydrogen-bond acceptors (Lipinski definition) is 3. The molecule has 0 saturated carbocycles. The quantitative estimate of drug-likeness (QED) is 0.194. The van der Waals surface area contributed by atoms with E-state index in [0.717, 1.165) is 60.2 Å². The molecule has 0 saturated heterocycles. The molecule has 188 valence electrons. The molecule has 5 nitrogen and oxygen atoms in total. The number of aryl methyl sites for hydroxylation is 4. The second-order valence-electron chi connectivity index (χ2n) is 9.27. The van der Waals surface area contributed by atoms with Gasteiger partial charge in [-0.3, -0.25) is 4.79 Å². The molecule has 4 rings (SSSR count). The molecule has 4 aromatic rings. The van der Waals surface area contributed by atoms with Crippen LogP contribution < -0.4 is 10.1 Å². The molecular formula is C30H34BrN3O2. The zero-order valence-electron chi connectivity index (χ0n) is 21.1. The van der Waals surface area contributed by atoms with E-state index >= 15 is 0 Å². The van der Waals surface area contributed by atoms with Gasteiger partial charge in [0.25, 0.3) is 5.91 Å². The highest BCUT2D eigenvalue weighted by Gasteiger charge is 2.11. The molecule has 0 fully saturated rings. The maximum atomic E-state index is 12.3. The first-order valence-electron chi connectivity index (χ1n) is 12.7. The lowest BCUT2D eigenvalue weighted by molar-refractivity contribution is 0.0953. The Morgan fingerprint density at radius 2 is 1.75 bits per heavy atom. The predicted molar refractivity (Wildman–Crippen MR) is 150 cm³/mol. The fourth-order valence-corrected chi connectivity index (χ4v) is 4.91. The summed E-state index contributed by atoms with van der Waals surface area (Å²) in [5.41, 5.74) is 5.35. The van der Waals surface area contributed by atoms with Gasteiger partial charge < -0.3 is 14.6 Å². The number of nitrogens with zero attached hydrogens (tertiary/aromatic N) is 2. The largest absolute Gasteiger partial charge is 0.494 e. The number of rotatable bonds is 12. The number of aromatic nitrogens is 2. The molecule has 3 aromatic carbocycles. The second-order valence-corrected chi connectivity index (χ2v) is 10.2. The van der Waals surface area contributed by atoms with Crippen LogP contribution in [0.25, 0.3) is 11.0 Å². The van der Waals surface area contributed by atoms with Crippen molar-refractivity contribution in [3.05, 3.63) is 93.7 Å². The first kappa shape index (κ1) is 26.0. The van der Waals surface area contributed by atoms with Gasteiger partial charge in [-0.2, -0.15) is 0 Å². The number of halogens is 1. The molecule has 6 heteroatoms. The molecule has 0 aliphatic heterocycles. The normalized spacial score (nSPS) is 11.1. The third-order valence-corrected chi connectivity index (χ3v) is 6.67. The van der Waals surface area contributed by atoms with Gasteiger partial charge in [0, 0.05) is 29.5 Å². The molecule has 36 heavy (non-hydrogen) atoms. The number of ether oxygens (including phenoxy) is 1. The Morgan fingerprint density at radius 1 is 0.944 bits per heavy atom. The van der Waals surface area contributed by atoms with Crippen molar-refractivity contribution in [2.45, 2.75) is 52.5 Å². The van der Waals surface area contributed by atoms with Crippen molar-refractivity contribution in [2.24, 2.45) is 0 Å². The van der Waals surface area contributed by atoms with Crippen LogP contribution >= 0.6 is 15.9 Å². The molecule has 1 N–H and O–H groups in total. The summed E-state index contributed by atoms with van der Waals surface area (Å²) < 4.78 is 9.28. The monoisotopic (exact) mass is 547 g/mol. The maximum absolute atomic E-state index is 12.3. The number of benzene rings is 3. The van der Waals surface area contributed by atoms with Gasteiger partial charge in [0.1, 0.15) is 11.6 Å². The van der Waals surface area contributed by atoms with E-state index in [1.165, 1.54) is 16.6 Å². The minimum Gasteiger partial charge on any atom is -0.494 e. The summed E-state index contributed by atoms with van der Waals surface area (Å²) in [7, 11) is 0. The van der Waals surface area contributed by atoms with E-state index in [0.29, 0.717) is 18.7 Å². The number of imidazole rings is 1. The number of amides is 1. The SMILES string of the molecule is Cc1cc(C)cc(OCCCn2c(CCCCCNC(=O)c3cccc(Br)c3)nc3ccccc32)c1. The summed E-state index contributed by atoms with van der Waals surface area (Å²) >= 11 is 3.41. The summed E-state index contributed by atoms with van der Waals surface area (Å²) in [6.07, 6.45) is 4.87. The lowest BCUT2D eigenvalue weighted by atomic mass is 10.1. The smallest absolute Gasteiger partial charge is 0.251 e. The van der Waals surface area contributed by atoms with Crippen LogP contribution in [0.3, 0.4) is 0 Å². The van der Waals surface area contributed by atoms with Crippen LogP contribution in [0.4, 0.5) is 0 Å². The second kappa shape index (κ2) is 12.7. The summed E-state index contributed by atoms with van der Waals surface area (Å²) in [5.74, 6) is 2.04. The van der Waals surface area contributed by atoms with Crippen molar-refractivity contribution >= 4 is 32.9 Å². The molecule has 0 aliphatic rings. The first-order valence-corrected chi connectivity index (χ1v) is 13.5. The van der Waals surface area contributed by atoms with Gasteiger partial charge in [-0.15, -0.1) is 0 Å². The molecule has 1 heterocycles. The summed E-state index contributed by atoms with van der Waals surface area (Å²) in [6, 6.07) is 22.1. The molecule has 0 atom stereocenters. The topological polar surface area (TPSA) is 56.1 Å². The van der Waals surface area contributed by atoms with E-state index in [1.54, 1.807) is 0 Å². The minimum absolute atomic E-state index is 0.0267. The van der Waals surface area contributed by atoms with E-state index in [9.17, 15) is 4.79 Å². The average molecular weight is 549 g/mol. The van der Waals surface area contributed by atoms with E-state index in [4.69, 9.17) is 9.72 Å². The number of fused-ring (bicyclic) bond motifs is 1. The highest BCUT2D eigenvalue weighted by molar-refractivity contribution is 9.10. The van der Waals surface area contributed by atoms with Crippen molar-refractivity contribution in [1.82, 2.24) is 14.9 Å². The lowest BCUT2D eigenvalue weighted by Crippen LogP contribution is -2.24. The van der Waals surface area contributed by atoms with E-state index < -0.39 is 0 Å². The summed E-state index contributed by atoms with van der Waals surface area (Å²) in [5, 5.41) is 3.02. The van der Waals surface area contributed by atoms with Gasteiger partial charge >= 0.3 is 0 Å². The Kier molecular flexibility index (Phi) is 9.17. The molecule has 0 aliphatic carbocycles. The van der Waals surface area contributed by atoms with E-state index in [1.807, 2.05) is 30.3 Å². The predicted octanol–water partition coefficient (Wildman–Crippen LogP) is 7.03. The van der Waals surface area contributed by atoms with Crippen LogP contribution in [0.1, 0.15) is 53.0 Å². The Morgan fingerprint density at radius 3 is 2.56 bits per heavy atom. The minimum atomic E-state index is -0.0267. The molecule has 1 amide bonds. The summed E-state index contributed by atoms with van der Waals surface area (Å²) in [4.78, 5) is 17.2. The van der Waals surface area contributed by atoms with Crippen LogP contribution in [0, 0.1) is 13.8 Å². The fraction of sp³-hybridized carbons (Fsp3) is 0.333. The van der Waals surface area contributed by atoms with Crippen LogP contribution in [-0.4, -0.2) is 28.6 Å². The Hall–Kier alpha value is -3.12. The number of carbonyl (C=O) groups excluding carboxylic acids is 1. The number of nitrogens with one attached hydrogen (secondary N) is 1. The lowest BCUT2D eigenvalue weighted by Gasteiger charge is -2.11. The fourth-order valence-electron chi connectivity index (χ4n) is 4.51. The molecule has 0 spiro atoms. The number of hydrogen-bond donors (Lipinski definition) is 1. The van der Waals surface area contributed by atoms with Crippen LogP contribution in [0.15, 0.2) is 71.2 Å². The molecular weight excluding hydrogens is 514 g/mol. The van der Waals surface area contributed by atoms with Crippen molar-refractivity contribution < 1.29 is 9.53 Å². The van der Waals surface area contributed by atoms with Crippen molar-refractivity contribution in [3.63, 3.8) is 0 Å². The Labute approximate surface area is 222 Å². The third kappa shape index (κ3) is 7.20. The highest BCUT2D eigenvalue weighted by Crippen LogP contribution is 2.20. The first-order chi connectivity index (χ1) is 17.5. The van der Waals surface area contributed by atoms with Crippen molar-refractivity contribution in [1.29, 1.82) is 0 Å². The number of carbonyl (C=O) groups is 1. The van der Waals surface area contributed by atoms with Crippen LogP contribution in [0.5, 0.6) is 5.75 Å². The van der Waals surface area contributed by atoms with Gasteiger partial charge in [-0.05, 0) is 86.7 Å². The Bertz CT molecular complexity index is 1290. The van der Waals surface area contributed by atoms with Crippen LogP contribution in [0.2, 0.25) is 0 Å². The highest BCUT2D eigenvalue weighted by atomic mass is 79.9. The van der Waals surface area contributed by atoms with E-state index in [-0.39, 0.29) is 5.91 Å². The van der Waals surface area contributed by atoms with Gasteiger partial charge in [-0.1, -0.05) is 46.6 Å². The van der Waals surface area contributed by atoms with E-state index in [2.05, 4.69) is 76.1 Å². The number of unbranched alkanes of at least 4 members (excludes halogenated alkanes) is 2. The summed E-state index contributed by atoms with van der Waals surface area (Å²) in [6.45, 7) is 6.42. The standard InChI is InChI=1S/C30H34BrN3O2/c1-22-18-23(2)20-26(19-22)36-17-9-16-34-28-13-6-5-12-27(28)33-29(34)14-4-3-7-15-32-30(35)24-10-8-11-25(31)21-24/h5-6,8,10-13,18-21H,3-4,7,9,14-17H2,1-2H3,(H,32,35). The van der Waals surface area contributed by atoms with Crippen LogP contribution in [-0.2, 0) is 13.0 Å². The average Bonchev–Trinajstić information content (AvgIpc) is 3.20. The maximum Gasteiger partial charge on any atom is 0.251 e. The molecule has 0 unspecified atom stereocenters. The zero-order chi connectivity index (χ0) is 25.3. The molecule has 1 aromatic heterocycles. The number of para-hydroxylation sites is 2. The molecule has 0 radical (unpaired) electrons. The Balaban J connectivity index is 1.25.